The van der Waals surface area contributed by atoms with E-state index in [4.69, 9.17) is 22.1 Å². The van der Waals surface area contributed by atoms with Crippen molar-refractivity contribution < 1.29 is 19.0 Å². The maximum absolute atomic E-state index is 13.4. The molecule has 1 aromatic rings. The van der Waals surface area contributed by atoms with Gasteiger partial charge in [-0.25, -0.2) is 4.39 Å². The number of rotatable bonds is 1. The number of halogens is 2. The van der Waals surface area contributed by atoms with Crippen LogP contribution in [0.3, 0.4) is 0 Å². The Morgan fingerprint density at radius 3 is 2.75 bits per heavy atom. The minimum Gasteiger partial charge on any atom is -0.501 e. The molecule has 1 aromatic carbocycles. The van der Waals surface area contributed by atoms with Crippen LogP contribution in [-0.2, 0) is 9.53 Å². The van der Waals surface area contributed by atoms with Crippen LogP contribution in [-0.4, -0.2) is 10.9 Å². The van der Waals surface area contributed by atoms with Gasteiger partial charge in [0, 0.05) is 10.6 Å². The molecule has 2 rings (SSSR count). The van der Waals surface area contributed by atoms with Gasteiger partial charge in [-0.2, -0.15) is 0 Å². The first-order chi connectivity index (χ1) is 7.50. The maximum Gasteiger partial charge on any atom is 0.247 e. The van der Waals surface area contributed by atoms with Crippen molar-refractivity contribution in [3.8, 4) is 0 Å². The first-order valence-corrected chi connectivity index (χ1v) is 4.73. The summed E-state index contributed by atoms with van der Waals surface area (Å²) in [4.78, 5) is 11.5. The van der Waals surface area contributed by atoms with Crippen LogP contribution in [0, 0.1) is 5.82 Å². The van der Waals surface area contributed by atoms with Gasteiger partial charge in [0.15, 0.2) is 6.10 Å². The van der Waals surface area contributed by atoms with Crippen molar-refractivity contribution in [2.75, 3.05) is 0 Å². The maximum atomic E-state index is 13.4. The summed E-state index contributed by atoms with van der Waals surface area (Å²) >= 11 is 5.67. The molecule has 0 spiro atoms. The molecule has 16 heavy (non-hydrogen) atoms. The summed E-state index contributed by atoms with van der Waals surface area (Å²) < 4.78 is 18.3. The van der Waals surface area contributed by atoms with Crippen molar-refractivity contribution in [3.05, 3.63) is 46.2 Å². The van der Waals surface area contributed by atoms with Crippen molar-refractivity contribution >= 4 is 17.4 Å². The van der Waals surface area contributed by atoms with Crippen LogP contribution in [0.25, 0.3) is 0 Å². The van der Waals surface area contributed by atoms with Crippen LogP contribution in [0.4, 0.5) is 4.39 Å². The highest BCUT2D eigenvalue weighted by molar-refractivity contribution is 6.30. The van der Waals surface area contributed by atoms with E-state index in [1.807, 2.05) is 0 Å². The molecule has 0 saturated heterocycles. The minimum atomic E-state index is -1.27. The van der Waals surface area contributed by atoms with E-state index in [1.165, 1.54) is 12.1 Å². The number of hydrogen-bond acceptors (Lipinski definition) is 4. The van der Waals surface area contributed by atoms with Gasteiger partial charge in [0.25, 0.3) is 0 Å². The molecule has 1 unspecified atom stereocenters. The Hall–Kier alpha value is -1.75. The number of carbonyl (C=O) groups excluding carboxylic acids is 1. The average molecular weight is 244 g/mol. The Kier molecular flexibility index (Phi) is 2.47. The topological polar surface area (TPSA) is 72.5 Å². The fourth-order valence-corrected chi connectivity index (χ4v) is 1.58. The molecule has 1 aliphatic rings. The van der Waals surface area contributed by atoms with Crippen molar-refractivity contribution in [2.24, 2.45) is 5.73 Å². The second-order valence-corrected chi connectivity index (χ2v) is 3.68. The average Bonchev–Trinajstić information content (AvgIpc) is 2.50. The molecule has 6 heteroatoms. The van der Waals surface area contributed by atoms with Crippen LogP contribution in [0.5, 0.6) is 0 Å². The van der Waals surface area contributed by atoms with E-state index in [1.54, 1.807) is 0 Å². The van der Waals surface area contributed by atoms with Gasteiger partial charge in [-0.15, -0.1) is 0 Å². The number of ether oxygens (including phenoxy) is 1. The van der Waals surface area contributed by atoms with Gasteiger partial charge < -0.3 is 15.6 Å². The first-order valence-electron chi connectivity index (χ1n) is 4.35. The lowest BCUT2D eigenvalue weighted by Crippen LogP contribution is -2.11. The Labute approximate surface area is 95.1 Å². The van der Waals surface area contributed by atoms with Crippen LogP contribution in [0.15, 0.2) is 29.8 Å². The third-order valence-electron chi connectivity index (χ3n) is 2.19. The van der Waals surface area contributed by atoms with Gasteiger partial charge in [0.1, 0.15) is 5.82 Å². The summed E-state index contributed by atoms with van der Waals surface area (Å²) in [6.45, 7) is 0. The highest BCUT2D eigenvalue weighted by Crippen LogP contribution is 2.32. The van der Waals surface area contributed by atoms with E-state index in [0.29, 0.717) is 0 Å². The molecule has 0 saturated carbocycles. The lowest BCUT2D eigenvalue weighted by Gasteiger charge is -2.11. The van der Waals surface area contributed by atoms with Gasteiger partial charge in [-0.1, -0.05) is 11.6 Å². The van der Waals surface area contributed by atoms with E-state index < -0.39 is 29.3 Å². The normalized spacial score (nSPS) is 20.1. The van der Waals surface area contributed by atoms with E-state index >= 15 is 0 Å². The molecule has 0 bridgehead atoms. The van der Waals surface area contributed by atoms with Gasteiger partial charge in [0.05, 0.1) is 0 Å². The number of carbonyl (C=O) groups is 1. The van der Waals surface area contributed by atoms with Crippen LogP contribution >= 0.6 is 11.6 Å². The van der Waals surface area contributed by atoms with Crippen LogP contribution < -0.4 is 5.73 Å². The van der Waals surface area contributed by atoms with E-state index in [9.17, 15) is 14.3 Å². The fourth-order valence-electron chi connectivity index (χ4n) is 1.40. The highest BCUT2D eigenvalue weighted by Gasteiger charge is 2.37. The van der Waals surface area contributed by atoms with E-state index in [0.717, 1.165) is 6.07 Å². The predicted molar refractivity (Wildman–Crippen MR) is 54.1 cm³/mol. The Bertz CT molecular complexity index is 501. The Morgan fingerprint density at radius 2 is 2.19 bits per heavy atom. The molecule has 0 aromatic heterocycles. The number of ketones is 1. The standard InChI is InChI=1S/C10H7ClFNO3/c11-4-1-2-6(12)5(3-4)9-7(14)8(15)10(13)16-9/h1-3,9,15H,13H2. The molecular weight excluding hydrogens is 237 g/mol. The lowest BCUT2D eigenvalue weighted by molar-refractivity contribution is -0.123. The summed E-state index contributed by atoms with van der Waals surface area (Å²) in [5, 5.41) is 9.44. The summed E-state index contributed by atoms with van der Waals surface area (Å²) in [6.07, 6.45) is -1.27. The monoisotopic (exact) mass is 243 g/mol. The number of nitrogens with two attached hydrogens (primary N) is 1. The molecule has 1 atom stereocenters. The summed E-state index contributed by atoms with van der Waals surface area (Å²) in [5.74, 6) is -2.53. The number of benzene rings is 1. The lowest BCUT2D eigenvalue weighted by atomic mass is 10.1. The van der Waals surface area contributed by atoms with Gasteiger partial charge >= 0.3 is 0 Å². The molecule has 1 aliphatic heterocycles. The molecule has 3 N–H and O–H groups in total. The number of aliphatic hydroxyl groups is 1. The summed E-state index contributed by atoms with van der Waals surface area (Å²) in [5.41, 5.74) is 5.16. The Balaban J connectivity index is 2.41. The first kappa shape index (κ1) is 10.8. The van der Waals surface area contributed by atoms with E-state index in [2.05, 4.69) is 0 Å². The highest BCUT2D eigenvalue weighted by atomic mass is 35.5. The molecule has 0 amide bonds. The number of hydrogen-bond donors (Lipinski definition) is 2. The molecule has 84 valence electrons. The van der Waals surface area contributed by atoms with Crippen molar-refractivity contribution in [1.82, 2.24) is 0 Å². The van der Waals surface area contributed by atoms with Crippen molar-refractivity contribution in [3.63, 3.8) is 0 Å². The number of Topliss-reactive ketones (excluding diaryl/α,β-unsaturated/α-hetero) is 1. The van der Waals surface area contributed by atoms with Crippen LogP contribution in [0.2, 0.25) is 5.02 Å². The minimum absolute atomic E-state index is 0.0514. The zero-order valence-electron chi connectivity index (χ0n) is 7.91. The van der Waals surface area contributed by atoms with Crippen LogP contribution in [0.1, 0.15) is 11.7 Å². The number of aliphatic hydroxyl groups excluding tert-OH is 1. The fraction of sp³-hybridized carbons (Fsp3) is 0.100. The van der Waals surface area contributed by atoms with Gasteiger partial charge in [-0.3, -0.25) is 4.79 Å². The molecule has 0 fully saturated rings. The largest absolute Gasteiger partial charge is 0.501 e. The smallest absolute Gasteiger partial charge is 0.247 e. The predicted octanol–water partition coefficient (Wildman–Crippen LogP) is 1.81. The molecule has 1 heterocycles. The van der Waals surface area contributed by atoms with E-state index in [-0.39, 0.29) is 10.6 Å². The second-order valence-electron chi connectivity index (χ2n) is 3.24. The summed E-state index contributed by atoms with van der Waals surface area (Å²) in [6, 6.07) is 3.71. The third kappa shape index (κ3) is 1.59. The molecule has 0 aliphatic carbocycles. The molecule has 0 radical (unpaired) electrons. The van der Waals surface area contributed by atoms with Gasteiger partial charge in [0.2, 0.25) is 17.4 Å². The zero-order valence-corrected chi connectivity index (χ0v) is 8.66. The quantitative estimate of drug-likeness (QED) is 0.789. The van der Waals surface area contributed by atoms with Crippen molar-refractivity contribution in [2.45, 2.75) is 6.10 Å². The molecular formula is C10H7ClFNO3. The Morgan fingerprint density at radius 1 is 1.50 bits per heavy atom. The van der Waals surface area contributed by atoms with Crippen molar-refractivity contribution in [1.29, 1.82) is 0 Å². The zero-order chi connectivity index (χ0) is 11.9. The van der Waals surface area contributed by atoms with Gasteiger partial charge in [-0.05, 0) is 18.2 Å². The second kappa shape index (κ2) is 3.68. The molecule has 4 nitrogen and oxygen atoms in total. The SMILES string of the molecule is NC1=C(O)C(=O)C(c2cc(Cl)ccc2F)O1. The summed E-state index contributed by atoms with van der Waals surface area (Å²) in [7, 11) is 0. The third-order valence-corrected chi connectivity index (χ3v) is 2.43.